The molecule has 1 amide bonds. The minimum Gasteiger partial charge on any atom is -0.341 e. The van der Waals surface area contributed by atoms with Crippen LogP contribution in [0.1, 0.15) is 19.8 Å². The highest BCUT2D eigenvalue weighted by atomic mass is 35.5. The van der Waals surface area contributed by atoms with E-state index >= 15 is 0 Å². The number of likely N-dealkylation sites (tertiary alicyclic amines) is 1. The number of rotatable bonds is 3. The molecule has 94 valence electrons. The van der Waals surface area contributed by atoms with Crippen LogP contribution in [0, 0.1) is 0 Å². The van der Waals surface area contributed by atoms with E-state index < -0.39 is 0 Å². The summed E-state index contributed by atoms with van der Waals surface area (Å²) < 4.78 is 0. The van der Waals surface area contributed by atoms with Crippen LogP contribution in [-0.4, -0.2) is 61.0 Å². The first-order valence-corrected chi connectivity index (χ1v) is 6.00. The summed E-state index contributed by atoms with van der Waals surface area (Å²) in [6, 6.07) is 0.608. The zero-order valence-corrected chi connectivity index (χ0v) is 10.8. The van der Waals surface area contributed by atoms with Crippen LogP contribution in [-0.2, 0) is 4.79 Å². The van der Waals surface area contributed by atoms with Crippen molar-refractivity contribution in [2.45, 2.75) is 25.8 Å². The highest BCUT2D eigenvalue weighted by molar-refractivity contribution is 5.85. The molecule has 2 rings (SSSR count). The molecule has 0 saturated carbocycles. The van der Waals surface area contributed by atoms with Crippen LogP contribution in [0.4, 0.5) is 0 Å². The summed E-state index contributed by atoms with van der Waals surface area (Å²) in [6.45, 7) is 8.45. The smallest absolute Gasteiger partial charge is 0.222 e. The SMILES string of the molecule is C[C@@H]1CNCCN1CCN1CCCC1=O.Cl. The molecule has 0 radical (unpaired) electrons. The molecule has 0 aromatic carbocycles. The fourth-order valence-corrected chi connectivity index (χ4v) is 2.40. The van der Waals surface area contributed by atoms with Gasteiger partial charge in [-0.3, -0.25) is 9.69 Å². The monoisotopic (exact) mass is 247 g/mol. The molecule has 2 aliphatic heterocycles. The Hall–Kier alpha value is -0.320. The van der Waals surface area contributed by atoms with E-state index in [0.29, 0.717) is 11.9 Å². The first-order chi connectivity index (χ1) is 7.27. The molecule has 0 spiro atoms. The maximum absolute atomic E-state index is 11.4. The highest BCUT2D eigenvalue weighted by Gasteiger charge is 2.22. The van der Waals surface area contributed by atoms with Crippen molar-refractivity contribution < 1.29 is 4.79 Å². The van der Waals surface area contributed by atoms with E-state index in [1.807, 2.05) is 4.90 Å². The van der Waals surface area contributed by atoms with E-state index in [1.54, 1.807) is 0 Å². The van der Waals surface area contributed by atoms with Crippen molar-refractivity contribution in [2.75, 3.05) is 39.3 Å². The summed E-state index contributed by atoms with van der Waals surface area (Å²) in [4.78, 5) is 15.9. The number of nitrogens with one attached hydrogen (secondary N) is 1. The van der Waals surface area contributed by atoms with E-state index in [0.717, 1.165) is 52.1 Å². The van der Waals surface area contributed by atoms with E-state index in [9.17, 15) is 4.79 Å². The van der Waals surface area contributed by atoms with Gasteiger partial charge in [-0.1, -0.05) is 0 Å². The number of carbonyl (C=O) groups excluding carboxylic acids is 1. The van der Waals surface area contributed by atoms with E-state index in [1.165, 1.54) is 0 Å². The molecule has 0 bridgehead atoms. The predicted molar refractivity (Wildman–Crippen MR) is 67.0 cm³/mol. The van der Waals surface area contributed by atoms with E-state index in [-0.39, 0.29) is 12.4 Å². The first-order valence-electron chi connectivity index (χ1n) is 6.00. The molecular weight excluding hydrogens is 226 g/mol. The summed E-state index contributed by atoms with van der Waals surface area (Å²) in [7, 11) is 0. The number of piperazine rings is 1. The average Bonchev–Trinajstić information content (AvgIpc) is 2.63. The van der Waals surface area contributed by atoms with Crippen molar-refractivity contribution in [1.29, 1.82) is 0 Å². The van der Waals surface area contributed by atoms with Gasteiger partial charge in [-0.15, -0.1) is 12.4 Å². The van der Waals surface area contributed by atoms with E-state index in [2.05, 4.69) is 17.1 Å². The van der Waals surface area contributed by atoms with Crippen LogP contribution in [0.5, 0.6) is 0 Å². The van der Waals surface area contributed by atoms with E-state index in [4.69, 9.17) is 0 Å². The lowest BCUT2D eigenvalue weighted by atomic mass is 10.2. The molecule has 0 unspecified atom stereocenters. The number of halogens is 1. The Bertz CT molecular complexity index is 237. The van der Waals surface area contributed by atoms with Crippen molar-refractivity contribution >= 4 is 18.3 Å². The van der Waals surface area contributed by atoms with Crippen LogP contribution in [0.3, 0.4) is 0 Å². The van der Waals surface area contributed by atoms with Gasteiger partial charge in [-0.2, -0.15) is 0 Å². The molecule has 2 fully saturated rings. The zero-order chi connectivity index (χ0) is 10.7. The fraction of sp³-hybridized carbons (Fsp3) is 0.909. The molecule has 4 nitrogen and oxygen atoms in total. The first kappa shape index (κ1) is 13.7. The highest BCUT2D eigenvalue weighted by Crippen LogP contribution is 2.10. The van der Waals surface area contributed by atoms with Gasteiger partial charge < -0.3 is 10.2 Å². The van der Waals surface area contributed by atoms with Crippen molar-refractivity contribution in [3.63, 3.8) is 0 Å². The molecule has 5 heteroatoms. The van der Waals surface area contributed by atoms with Gasteiger partial charge in [0.1, 0.15) is 0 Å². The topological polar surface area (TPSA) is 35.6 Å². The quantitative estimate of drug-likeness (QED) is 0.781. The number of hydrogen-bond acceptors (Lipinski definition) is 3. The summed E-state index contributed by atoms with van der Waals surface area (Å²) in [5.41, 5.74) is 0. The van der Waals surface area contributed by atoms with Gasteiger partial charge in [0.05, 0.1) is 0 Å². The van der Waals surface area contributed by atoms with Crippen molar-refractivity contribution in [3.05, 3.63) is 0 Å². The summed E-state index contributed by atoms with van der Waals surface area (Å²) in [5, 5.41) is 3.38. The Kier molecular flexibility index (Phi) is 5.52. The summed E-state index contributed by atoms with van der Waals surface area (Å²) in [6.07, 6.45) is 1.81. The second kappa shape index (κ2) is 6.42. The molecule has 2 heterocycles. The molecule has 1 atom stereocenters. The van der Waals surface area contributed by atoms with Crippen LogP contribution in [0.15, 0.2) is 0 Å². The van der Waals surface area contributed by atoms with Gasteiger partial charge in [0.15, 0.2) is 0 Å². The number of hydrogen-bond donors (Lipinski definition) is 1. The Labute approximate surface area is 104 Å². The molecule has 1 N–H and O–H groups in total. The molecule has 2 saturated heterocycles. The minimum absolute atomic E-state index is 0. The third-order valence-corrected chi connectivity index (χ3v) is 3.47. The molecule has 0 aromatic rings. The predicted octanol–water partition coefficient (Wildman–Crippen LogP) is 0.324. The lowest BCUT2D eigenvalue weighted by molar-refractivity contribution is -0.127. The van der Waals surface area contributed by atoms with Crippen LogP contribution in [0.2, 0.25) is 0 Å². The van der Waals surface area contributed by atoms with Crippen molar-refractivity contribution in [3.8, 4) is 0 Å². The van der Waals surface area contributed by atoms with Gasteiger partial charge in [-0.25, -0.2) is 0 Å². The fourth-order valence-electron chi connectivity index (χ4n) is 2.40. The maximum Gasteiger partial charge on any atom is 0.222 e. The number of nitrogens with zero attached hydrogens (tertiary/aromatic N) is 2. The molecule has 0 aliphatic carbocycles. The Morgan fingerprint density at radius 1 is 1.38 bits per heavy atom. The largest absolute Gasteiger partial charge is 0.341 e. The van der Waals surface area contributed by atoms with Crippen LogP contribution >= 0.6 is 12.4 Å². The van der Waals surface area contributed by atoms with Gasteiger partial charge in [0.2, 0.25) is 5.91 Å². The standard InChI is InChI=1S/C11H21N3O.ClH/c1-10-9-12-4-6-13(10)7-8-14-5-2-3-11(14)15;/h10,12H,2-9H2,1H3;1H/t10-;/m1./s1. The minimum atomic E-state index is 0. The normalized spacial score (nSPS) is 26.9. The van der Waals surface area contributed by atoms with Gasteiger partial charge in [-0.05, 0) is 13.3 Å². The number of amides is 1. The Morgan fingerprint density at radius 3 is 2.81 bits per heavy atom. The molecule has 0 aromatic heterocycles. The second-order valence-corrected chi connectivity index (χ2v) is 4.57. The summed E-state index contributed by atoms with van der Waals surface area (Å²) in [5.74, 6) is 0.345. The summed E-state index contributed by atoms with van der Waals surface area (Å²) >= 11 is 0. The van der Waals surface area contributed by atoms with Gasteiger partial charge in [0.25, 0.3) is 0 Å². The number of carbonyl (C=O) groups is 1. The zero-order valence-electron chi connectivity index (χ0n) is 9.95. The van der Waals surface area contributed by atoms with Crippen molar-refractivity contribution in [2.24, 2.45) is 0 Å². The Balaban J connectivity index is 0.00000128. The Morgan fingerprint density at radius 2 is 2.19 bits per heavy atom. The lowest BCUT2D eigenvalue weighted by Crippen LogP contribution is -2.51. The molecule has 16 heavy (non-hydrogen) atoms. The molecule has 2 aliphatic rings. The van der Waals surface area contributed by atoms with Gasteiger partial charge >= 0.3 is 0 Å². The third-order valence-electron chi connectivity index (χ3n) is 3.47. The lowest BCUT2D eigenvalue weighted by Gasteiger charge is -2.34. The van der Waals surface area contributed by atoms with Crippen LogP contribution < -0.4 is 5.32 Å². The third kappa shape index (κ3) is 3.34. The van der Waals surface area contributed by atoms with Crippen molar-refractivity contribution in [1.82, 2.24) is 15.1 Å². The maximum atomic E-state index is 11.4. The van der Waals surface area contributed by atoms with Crippen LogP contribution in [0.25, 0.3) is 0 Å². The van der Waals surface area contributed by atoms with Gasteiger partial charge in [0, 0.05) is 51.7 Å². The second-order valence-electron chi connectivity index (χ2n) is 4.57. The average molecular weight is 248 g/mol. The molecular formula is C11H22ClN3O.